The number of carbonyl (C=O) groups excluding carboxylic acids is 1. The van der Waals surface area contributed by atoms with Gasteiger partial charge in [-0.25, -0.2) is 8.42 Å². The molecule has 0 aliphatic heterocycles. The summed E-state index contributed by atoms with van der Waals surface area (Å²) in [5.74, 6) is -0.372. The molecule has 0 unspecified atom stereocenters. The van der Waals surface area contributed by atoms with Crippen LogP contribution in [0, 0.1) is 13.8 Å². The number of benzene rings is 2. The monoisotopic (exact) mass is 397 g/mol. The van der Waals surface area contributed by atoms with Crippen molar-refractivity contribution in [1.29, 1.82) is 0 Å². The Kier molecular flexibility index (Phi) is 5.76. The summed E-state index contributed by atoms with van der Waals surface area (Å²) in [4.78, 5) is 16.9. The third kappa shape index (κ3) is 4.21. The number of pyridine rings is 1. The van der Waals surface area contributed by atoms with Gasteiger partial charge >= 0.3 is 0 Å². The number of hydrogen-bond acceptors (Lipinski definition) is 4. The molecule has 0 saturated carbocycles. The number of hydrogen-bond donors (Lipinski definition) is 1. The molecule has 0 aliphatic rings. The molecule has 0 bridgehead atoms. The van der Waals surface area contributed by atoms with Crippen molar-refractivity contribution in [1.82, 2.24) is 14.6 Å². The fourth-order valence-corrected chi connectivity index (χ4v) is 4.11. The number of sulfonamides is 1. The molecule has 3 aromatic rings. The SMILES string of the molecule is Cc1ccc(S(=O)(=O)N(C)CC(=O)NCc2cccc3cccnc23)cc1C. The fraction of sp³-hybridized carbons (Fsp3) is 0.238. The third-order valence-electron chi connectivity index (χ3n) is 4.75. The summed E-state index contributed by atoms with van der Waals surface area (Å²) in [7, 11) is -2.32. The Morgan fingerprint density at radius 1 is 1.07 bits per heavy atom. The third-order valence-corrected chi connectivity index (χ3v) is 6.54. The molecule has 1 N–H and O–H groups in total. The van der Waals surface area contributed by atoms with Gasteiger partial charge in [-0.1, -0.05) is 30.3 Å². The van der Waals surface area contributed by atoms with E-state index < -0.39 is 10.0 Å². The van der Waals surface area contributed by atoms with Gasteiger partial charge in [0.25, 0.3) is 0 Å². The topological polar surface area (TPSA) is 79.4 Å². The zero-order valence-corrected chi connectivity index (χ0v) is 17.0. The van der Waals surface area contributed by atoms with Gasteiger partial charge in [-0.05, 0) is 48.7 Å². The quantitative estimate of drug-likeness (QED) is 0.694. The highest BCUT2D eigenvalue weighted by Crippen LogP contribution is 2.18. The van der Waals surface area contributed by atoms with Crippen LogP contribution in [-0.4, -0.2) is 37.2 Å². The van der Waals surface area contributed by atoms with Gasteiger partial charge in [0.1, 0.15) is 0 Å². The molecule has 1 heterocycles. The van der Waals surface area contributed by atoms with E-state index in [1.165, 1.54) is 7.05 Å². The van der Waals surface area contributed by atoms with Crippen LogP contribution < -0.4 is 5.32 Å². The fourth-order valence-electron chi connectivity index (χ4n) is 2.90. The van der Waals surface area contributed by atoms with E-state index in [1.54, 1.807) is 24.4 Å². The standard InChI is InChI=1S/C21H23N3O3S/c1-15-9-10-19(12-16(15)2)28(26,27)24(3)14-20(25)23-13-18-7-4-6-17-8-5-11-22-21(17)18/h4-12H,13-14H2,1-3H3,(H,23,25). The molecule has 0 fully saturated rings. The number of carbonyl (C=O) groups is 1. The highest BCUT2D eigenvalue weighted by atomic mass is 32.2. The van der Waals surface area contributed by atoms with Crippen LogP contribution in [0.25, 0.3) is 10.9 Å². The van der Waals surface area contributed by atoms with Crippen LogP contribution in [0.1, 0.15) is 16.7 Å². The summed E-state index contributed by atoms with van der Waals surface area (Å²) < 4.78 is 26.5. The van der Waals surface area contributed by atoms with Gasteiger partial charge in [0.15, 0.2) is 0 Å². The average Bonchev–Trinajstić information content (AvgIpc) is 2.68. The first-order valence-corrected chi connectivity index (χ1v) is 10.4. The van der Waals surface area contributed by atoms with Gasteiger partial charge in [0.2, 0.25) is 15.9 Å². The van der Waals surface area contributed by atoms with E-state index in [1.807, 2.05) is 44.2 Å². The molecule has 0 aliphatic carbocycles. The minimum absolute atomic E-state index is 0.184. The second-order valence-corrected chi connectivity index (χ2v) is 8.82. The van der Waals surface area contributed by atoms with Gasteiger partial charge in [0.05, 0.1) is 17.0 Å². The van der Waals surface area contributed by atoms with E-state index in [4.69, 9.17) is 0 Å². The number of amides is 1. The number of aryl methyl sites for hydroxylation is 2. The molecule has 1 amide bonds. The molecule has 1 aromatic heterocycles. The minimum atomic E-state index is -3.73. The van der Waals surface area contributed by atoms with Gasteiger partial charge in [-0.2, -0.15) is 4.31 Å². The number of para-hydroxylation sites is 1. The van der Waals surface area contributed by atoms with Crippen molar-refractivity contribution < 1.29 is 13.2 Å². The zero-order valence-electron chi connectivity index (χ0n) is 16.1. The zero-order chi connectivity index (χ0) is 20.3. The molecule has 7 heteroatoms. The van der Waals surface area contributed by atoms with E-state index >= 15 is 0 Å². The normalized spacial score (nSPS) is 11.7. The van der Waals surface area contributed by atoms with Crippen LogP contribution in [0.3, 0.4) is 0 Å². The van der Waals surface area contributed by atoms with Crippen molar-refractivity contribution in [3.05, 3.63) is 71.4 Å². The molecule has 146 valence electrons. The maximum Gasteiger partial charge on any atom is 0.243 e. The lowest BCUT2D eigenvalue weighted by atomic mass is 10.1. The summed E-state index contributed by atoms with van der Waals surface area (Å²) >= 11 is 0. The van der Waals surface area contributed by atoms with Gasteiger partial charge in [-0.15, -0.1) is 0 Å². The maximum atomic E-state index is 12.7. The molecule has 0 atom stereocenters. The lowest BCUT2D eigenvalue weighted by molar-refractivity contribution is -0.121. The minimum Gasteiger partial charge on any atom is -0.351 e. The predicted octanol–water partition coefficient (Wildman–Crippen LogP) is 2.79. The summed E-state index contributed by atoms with van der Waals surface area (Å²) in [5.41, 5.74) is 3.61. The second kappa shape index (κ2) is 8.08. The Balaban J connectivity index is 1.67. The molecule has 2 aromatic carbocycles. The first-order valence-electron chi connectivity index (χ1n) is 8.92. The van der Waals surface area contributed by atoms with E-state index in [9.17, 15) is 13.2 Å². The Bertz CT molecular complexity index is 1120. The lowest BCUT2D eigenvalue weighted by Gasteiger charge is -2.17. The van der Waals surface area contributed by atoms with Crippen LogP contribution in [-0.2, 0) is 21.4 Å². The van der Waals surface area contributed by atoms with E-state index in [-0.39, 0.29) is 23.9 Å². The van der Waals surface area contributed by atoms with E-state index in [0.29, 0.717) is 0 Å². The molecule has 28 heavy (non-hydrogen) atoms. The molecule has 6 nitrogen and oxygen atoms in total. The van der Waals surface area contributed by atoms with E-state index in [2.05, 4.69) is 10.3 Å². The summed E-state index contributed by atoms with van der Waals surface area (Å²) in [6, 6.07) is 14.5. The number of likely N-dealkylation sites (N-methyl/N-ethyl adjacent to an activating group) is 1. The first-order chi connectivity index (χ1) is 13.3. The predicted molar refractivity (Wildman–Crippen MR) is 109 cm³/mol. The molecular formula is C21H23N3O3S. The Morgan fingerprint density at radius 2 is 1.82 bits per heavy atom. The molecule has 0 saturated heterocycles. The molecular weight excluding hydrogens is 374 g/mol. The van der Waals surface area contributed by atoms with Gasteiger partial charge in [0, 0.05) is 25.2 Å². The summed E-state index contributed by atoms with van der Waals surface area (Å²) in [6.45, 7) is 3.81. The highest BCUT2D eigenvalue weighted by molar-refractivity contribution is 7.89. The van der Waals surface area contributed by atoms with Gasteiger partial charge < -0.3 is 5.32 Å². The molecule has 3 rings (SSSR count). The molecule has 0 radical (unpaired) electrons. The highest BCUT2D eigenvalue weighted by Gasteiger charge is 2.23. The number of rotatable bonds is 6. The van der Waals surface area contributed by atoms with Crippen molar-refractivity contribution in [2.24, 2.45) is 0 Å². The number of fused-ring (bicyclic) bond motifs is 1. The second-order valence-electron chi connectivity index (χ2n) is 6.78. The summed E-state index contributed by atoms with van der Waals surface area (Å²) in [6.07, 6.45) is 1.71. The number of aromatic nitrogens is 1. The van der Waals surface area contributed by atoms with Crippen molar-refractivity contribution in [3.8, 4) is 0 Å². The number of nitrogens with zero attached hydrogens (tertiary/aromatic N) is 2. The van der Waals surface area contributed by atoms with Crippen LogP contribution in [0.15, 0.2) is 59.6 Å². The maximum absolute atomic E-state index is 12.7. The lowest BCUT2D eigenvalue weighted by Crippen LogP contribution is -2.38. The van der Waals surface area contributed by atoms with Crippen molar-refractivity contribution >= 4 is 26.8 Å². The molecule has 0 spiro atoms. The van der Waals surface area contributed by atoms with Gasteiger partial charge in [-0.3, -0.25) is 9.78 Å². The summed E-state index contributed by atoms with van der Waals surface area (Å²) in [5, 5.41) is 3.77. The van der Waals surface area contributed by atoms with E-state index in [0.717, 1.165) is 31.9 Å². The Hall–Kier alpha value is -2.77. The van der Waals surface area contributed by atoms with Crippen molar-refractivity contribution in [2.75, 3.05) is 13.6 Å². The Labute approximate surface area is 165 Å². The van der Waals surface area contributed by atoms with Crippen LogP contribution in [0.4, 0.5) is 0 Å². The van der Waals surface area contributed by atoms with Crippen LogP contribution >= 0.6 is 0 Å². The average molecular weight is 398 g/mol. The Morgan fingerprint density at radius 3 is 2.57 bits per heavy atom. The van der Waals surface area contributed by atoms with Crippen molar-refractivity contribution in [3.63, 3.8) is 0 Å². The number of nitrogens with one attached hydrogen (secondary N) is 1. The van der Waals surface area contributed by atoms with Crippen LogP contribution in [0.2, 0.25) is 0 Å². The largest absolute Gasteiger partial charge is 0.351 e. The van der Waals surface area contributed by atoms with Crippen LogP contribution in [0.5, 0.6) is 0 Å². The van der Waals surface area contributed by atoms with Crippen molar-refractivity contribution in [2.45, 2.75) is 25.3 Å². The first kappa shape index (κ1) is 20.0. The smallest absolute Gasteiger partial charge is 0.243 e.